The lowest BCUT2D eigenvalue weighted by molar-refractivity contribution is -0.139. The van der Waals surface area contributed by atoms with E-state index in [0.29, 0.717) is 4.90 Å². The third-order valence-electron chi connectivity index (χ3n) is 2.26. The Balaban J connectivity index is 4.80. The third-order valence-corrected chi connectivity index (χ3v) is 2.26. The van der Waals surface area contributed by atoms with Gasteiger partial charge in [0.1, 0.15) is 19.1 Å². The molecule has 0 saturated heterocycles. The van der Waals surface area contributed by atoms with Crippen LogP contribution in [0.5, 0.6) is 0 Å². The van der Waals surface area contributed by atoms with Gasteiger partial charge in [-0.2, -0.15) is 0 Å². The molecule has 1 atom stereocenters. The number of carbonyl (C=O) groups is 5. The van der Waals surface area contributed by atoms with Crippen LogP contribution >= 0.6 is 0 Å². The molecule has 0 aliphatic rings. The number of hydrogen-bond acceptors (Lipinski definition) is 5. The SMILES string of the molecule is NC(=O)CC[C@H](NC(=O)N(CC(N)=O)CC(N)=O)C(=O)O. The maximum absolute atomic E-state index is 11.8. The van der Waals surface area contributed by atoms with E-state index in [0.717, 1.165) is 0 Å². The highest BCUT2D eigenvalue weighted by Gasteiger charge is 2.25. The van der Waals surface area contributed by atoms with Gasteiger partial charge in [-0.25, -0.2) is 9.59 Å². The Morgan fingerprint density at radius 1 is 0.952 bits per heavy atom. The van der Waals surface area contributed by atoms with Crippen molar-refractivity contribution in [2.24, 2.45) is 17.2 Å². The molecule has 118 valence electrons. The summed E-state index contributed by atoms with van der Waals surface area (Å²) in [6, 6.07) is -2.43. The summed E-state index contributed by atoms with van der Waals surface area (Å²) in [5.74, 6) is -3.95. The third kappa shape index (κ3) is 8.02. The number of amides is 5. The van der Waals surface area contributed by atoms with Crippen LogP contribution in [0.1, 0.15) is 12.8 Å². The van der Waals surface area contributed by atoms with E-state index in [2.05, 4.69) is 0 Å². The molecule has 21 heavy (non-hydrogen) atoms. The Morgan fingerprint density at radius 2 is 1.43 bits per heavy atom. The Morgan fingerprint density at radius 3 is 1.76 bits per heavy atom. The maximum atomic E-state index is 11.8. The zero-order valence-electron chi connectivity index (χ0n) is 11.1. The maximum Gasteiger partial charge on any atom is 0.326 e. The van der Waals surface area contributed by atoms with Crippen molar-refractivity contribution in [3.8, 4) is 0 Å². The van der Waals surface area contributed by atoms with Crippen LogP contribution in [0.2, 0.25) is 0 Å². The number of nitrogens with zero attached hydrogens (tertiary/aromatic N) is 1. The van der Waals surface area contributed by atoms with Gasteiger partial charge in [-0.3, -0.25) is 14.4 Å². The van der Waals surface area contributed by atoms with Crippen LogP contribution in [0, 0.1) is 0 Å². The number of urea groups is 1. The molecule has 0 aromatic heterocycles. The molecule has 0 heterocycles. The van der Waals surface area contributed by atoms with Gasteiger partial charge >= 0.3 is 12.0 Å². The van der Waals surface area contributed by atoms with E-state index in [4.69, 9.17) is 22.3 Å². The summed E-state index contributed by atoms with van der Waals surface area (Å²) in [6.45, 7) is -1.23. The van der Waals surface area contributed by atoms with Crippen molar-refractivity contribution in [2.45, 2.75) is 18.9 Å². The molecule has 11 heteroatoms. The van der Waals surface area contributed by atoms with E-state index in [9.17, 15) is 24.0 Å². The summed E-state index contributed by atoms with van der Waals surface area (Å²) in [5, 5.41) is 11.0. The minimum Gasteiger partial charge on any atom is -0.480 e. The number of primary amides is 3. The summed E-state index contributed by atoms with van der Waals surface area (Å²) < 4.78 is 0. The Bertz CT molecular complexity index is 435. The van der Waals surface area contributed by atoms with Crippen LogP contribution in [0.25, 0.3) is 0 Å². The van der Waals surface area contributed by atoms with Gasteiger partial charge in [0.05, 0.1) is 0 Å². The van der Waals surface area contributed by atoms with Gasteiger partial charge in [-0.1, -0.05) is 0 Å². The first kappa shape index (κ1) is 18.1. The summed E-state index contributed by atoms with van der Waals surface area (Å²) in [5.41, 5.74) is 14.7. The zero-order chi connectivity index (χ0) is 16.6. The minimum absolute atomic E-state index is 0.239. The van der Waals surface area contributed by atoms with Gasteiger partial charge in [0.15, 0.2) is 0 Å². The molecule has 0 saturated carbocycles. The number of nitrogens with two attached hydrogens (primary N) is 3. The second-order valence-electron chi connectivity index (χ2n) is 4.13. The highest BCUT2D eigenvalue weighted by atomic mass is 16.4. The van der Waals surface area contributed by atoms with Crippen molar-refractivity contribution < 1.29 is 29.1 Å². The quantitative estimate of drug-likeness (QED) is 0.295. The number of carbonyl (C=O) groups excluding carboxylic acids is 4. The average Bonchev–Trinajstić information content (AvgIpc) is 2.31. The summed E-state index contributed by atoms with van der Waals surface area (Å²) in [7, 11) is 0. The molecule has 8 N–H and O–H groups in total. The lowest BCUT2D eigenvalue weighted by Crippen LogP contribution is -2.52. The fraction of sp³-hybridized carbons (Fsp3) is 0.500. The molecule has 0 fully saturated rings. The molecule has 0 rings (SSSR count). The van der Waals surface area contributed by atoms with Crippen LogP contribution in [-0.4, -0.2) is 58.9 Å². The van der Waals surface area contributed by atoms with Crippen LogP contribution in [0.15, 0.2) is 0 Å². The van der Waals surface area contributed by atoms with Gasteiger partial charge in [-0.05, 0) is 6.42 Å². The van der Waals surface area contributed by atoms with Crippen LogP contribution in [0.4, 0.5) is 4.79 Å². The van der Waals surface area contributed by atoms with Gasteiger partial charge in [0, 0.05) is 6.42 Å². The highest BCUT2D eigenvalue weighted by Crippen LogP contribution is 1.99. The normalized spacial score (nSPS) is 11.2. The first-order valence-electron chi connectivity index (χ1n) is 5.76. The Labute approximate surface area is 119 Å². The second kappa shape index (κ2) is 8.35. The van der Waals surface area contributed by atoms with Crippen molar-refractivity contribution in [1.82, 2.24) is 10.2 Å². The van der Waals surface area contributed by atoms with E-state index in [1.54, 1.807) is 0 Å². The Kier molecular flexibility index (Phi) is 7.21. The van der Waals surface area contributed by atoms with Gasteiger partial charge in [0.2, 0.25) is 17.7 Å². The van der Waals surface area contributed by atoms with Crippen molar-refractivity contribution in [2.75, 3.05) is 13.1 Å². The number of nitrogens with one attached hydrogen (secondary N) is 1. The molecule has 0 aliphatic carbocycles. The lowest BCUT2D eigenvalue weighted by Gasteiger charge is -2.22. The average molecular weight is 303 g/mol. The number of carboxylic acid groups (broad SMARTS) is 1. The van der Waals surface area contributed by atoms with Crippen LogP contribution in [0.3, 0.4) is 0 Å². The van der Waals surface area contributed by atoms with E-state index in [1.807, 2.05) is 5.32 Å². The fourth-order valence-electron chi connectivity index (χ4n) is 1.36. The van der Waals surface area contributed by atoms with E-state index in [-0.39, 0.29) is 12.8 Å². The van der Waals surface area contributed by atoms with E-state index >= 15 is 0 Å². The fourth-order valence-corrected chi connectivity index (χ4v) is 1.36. The lowest BCUT2D eigenvalue weighted by atomic mass is 10.1. The Hall–Kier alpha value is -2.85. The van der Waals surface area contributed by atoms with E-state index in [1.165, 1.54) is 0 Å². The van der Waals surface area contributed by atoms with Crippen LogP contribution in [-0.2, 0) is 19.2 Å². The number of rotatable bonds is 9. The molecular weight excluding hydrogens is 286 g/mol. The molecule has 0 bridgehead atoms. The number of carboxylic acids is 1. The first-order chi connectivity index (χ1) is 9.63. The molecule has 0 aromatic carbocycles. The highest BCUT2D eigenvalue weighted by molar-refractivity contribution is 5.89. The largest absolute Gasteiger partial charge is 0.480 e. The van der Waals surface area contributed by atoms with Gasteiger partial charge in [-0.15, -0.1) is 0 Å². The number of aliphatic carboxylic acids is 1. The second-order valence-corrected chi connectivity index (χ2v) is 4.13. The van der Waals surface area contributed by atoms with Gasteiger partial charge < -0.3 is 32.5 Å². The molecular formula is C10H17N5O6. The number of hydrogen-bond donors (Lipinski definition) is 5. The van der Waals surface area contributed by atoms with Gasteiger partial charge in [0.25, 0.3) is 0 Å². The van der Waals surface area contributed by atoms with Crippen molar-refractivity contribution in [3.63, 3.8) is 0 Å². The van der Waals surface area contributed by atoms with Crippen LogP contribution < -0.4 is 22.5 Å². The molecule has 11 nitrogen and oxygen atoms in total. The molecule has 0 spiro atoms. The molecule has 5 amide bonds. The minimum atomic E-state index is -1.41. The standard InChI is InChI=1S/C10H17N5O6/c11-6(16)2-1-5(9(19)20)14-10(21)15(3-7(12)17)4-8(13)18/h5H,1-4H2,(H2,11,16)(H2,12,17)(H2,13,18)(H,14,21)(H,19,20)/t5-/m0/s1. The predicted octanol–water partition coefficient (Wildman–Crippen LogP) is -3.31. The van der Waals surface area contributed by atoms with E-state index < -0.39 is 48.9 Å². The van der Waals surface area contributed by atoms with Crippen molar-refractivity contribution in [1.29, 1.82) is 0 Å². The molecule has 0 unspecified atom stereocenters. The first-order valence-corrected chi connectivity index (χ1v) is 5.76. The van der Waals surface area contributed by atoms with Crippen molar-refractivity contribution >= 4 is 29.7 Å². The summed E-state index contributed by atoms with van der Waals surface area (Å²) in [4.78, 5) is 55.6. The summed E-state index contributed by atoms with van der Waals surface area (Å²) in [6.07, 6.45) is -0.500. The molecule has 0 aromatic rings. The molecule has 0 radical (unpaired) electrons. The monoisotopic (exact) mass is 303 g/mol. The predicted molar refractivity (Wildman–Crippen MR) is 68.3 cm³/mol. The van der Waals surface area contributed by atoms with Crippen molar-refractivity contribution in [3.05, 3.63) is 0 Å². The zero-order valence-corrected chi connectivity index (χ0v) is 11.1. The topological polar surface area (TPSA) is 199 Å². The summed E-state index contributed by atoms with van der Waals surface area (Å²) >= 11 is 0. The smallest absolute Gasteiger partial charge is 0.326 e. The molecule has 0 aliphatic heterocycles.